The maximum Gasteiger partial charge on any atom is 0.349 e. The Morgan fingerprint density at radius 1 is 1.36 bits per heavy atom. The van der Waals surface area contributed by atoms with E-state index in [9.17, 15) is 18.0 Å². The molecule has 0 aliphatic carbocycles. The molecule has 0 saturated carbocycles. The van der Waals surface area contributed by atoms with E-state index in [0.717, 1.165) is 11.3 Å². The number of methoxy groups -OCH3 is 1. The average molecular weight is 346 g/mol. The summed E-state index contributed by atoms with van der Waals surface area (Å²) in [6.45, 7) is 2.55. The lowest BCUT2D eigenvalue weighted by Gasteiger charge is -2.31. The number of hydrogen-bond acceptors (Lipinski definition) is 6. The fraction of sp³-hybridized carbons (Fsp3) is 0.538. The first-order valence-electron chi connectivity index (χ1n) is 6.79. The number of nitrogens with one attached hydrogen (secondary N) is 1. The van der Waals surface area contributed by atoms with Gasteiger partial charge in [0.1, 0.15) is 9.77 Å². The number of likely N-dealkylation sites (tertiary alicyclic amines) is 1. The third-order valence-electron chi connectivity index (χ3n) is 3.55. The van der Waals surface area contributed by atoms with Crippen molar-refractivity contribution < 1.29 is 22.7 Å². The molecule has 1 aliphatic rings. The highest BCUT2D eigenvalue weighted by atomic mass is 32.2. The fourth-order valence-corrected chi connectivity index (χ4v) is 4.99. The van der Waals surface area contributed by atoms with Crippen LogP contribution in [0, 0.1) is 0 Å². The molecule has 2 heterocycles. The van der Waals surface area contributed by atoms with Gasteiger partial charge in [0.05, 0.1) is 7.11 Å². The second kappa shape index (κ2) is 6.76. The molecular formula is C13H18N2O5S2. The van der Waals surface area contributed by atoms with Crippen LogP contribution in [0.5, 0.6) is 0 Å². The van der Waals surface area contributed by atoms with Crippen molar-refractivity contribution >= 4 is 33.2 Å². The van der Waals surface area contributed by atoms with Crippen LogP contribution in [0.2, 0.25) is 0 Å². The van der Waals surface area contributed by atoms with Crippen molar-refractivity contribution in [2.24, 2.45) is 0 Å². The topological polar surface area (TPSA) is 92.8 Å². The van der Waals surface area contributed by atoms with Gasteiger partial charge in [-0.15, -0.1) is 11.3 Å². The molecule has 0 bridgehead atoms. The zero-order valence-corrected chi connectivity index (χ0v) is 14.0. The molecule has 1 saturated heterocycles. The van der Waals surface area contributed by atoms with E-state index in [0.29, 0.717) is 25.9 Å². The van der Waals surface area contributed by atoms with Crippen LogP contribution in [-0.2, 0) is 19.6 Å². The maximum absolute atomic E-state index is 12.4. The van der Waals surface area contributed by atoms with E-state index >= 15 is 0 Å². The Balaban J connectivity index is 2.08. The molecule has 0 spiro atoms. The zero-order valence-electron chi connectivity index (χ0n) is 12.4. The SMILES string of the molecule is COC(=O)c1sccc1S(=O)(=O)NC1CCN(C(C)=O)CC1. The zero-order chi connectivity index (χ0) is 16.3. The van der Waals surface area contributed by atoms with Crippen molar-refractivity contribution in [3.05, 3.63) is 16.3 Å². The largest absolute Gasteiger partial charge is 0.465 e. The van der Waals surface area contributed by atoms with Crippen LogP contribution in [0.3, 0.4) is 0 Å². The van der Waals surface area contributed by atoms with Gasteiger partial charge in [-0.3, -0.25) is 4.79 Å². The summed E-state index contributed by atoms with van der Waals surface area (Å²) < 4.78 is 32.1. The van der Waals surface area contributed by atoms with Gasteiger partial charge in [-0.05, 0) is 24.3 Å². The van der Waals surface area contributed by atoms with E-state index < -0.39 is 16.0 Å². The average Bonchev–Trinajstić information content (AvgIpc) is 2.97. The van der Waals surface area contributed by atoms with Crippen LogP contribution >= 0.6 is 11.3 Å². The molecule has 0 atom stereocenters. The Kier molecular flexibility index (Phi) is 5.20. The third-order valence-corrected chi connectivity index (χ3v) is 6.14. The normalized spacial score (nSPS) is 16.5. The molecule has 7 nitrogen and oxygen atoms in total. The fourth-order valence-electron chi connectivity index (χ4n) is 2.35. The summed E-state index contributed by atoms with van der Waals surface area (Å²) in [5.74, 6) is -0.672. The number of esters is 1. The number of piperidine rings is 1. The standard InChI is InChI=1S/C13H18N2O5S2/c1-9(16)15-6-3-10(4-7-15)14-22(18,19)11-5-8-21-12(11)13(17)20-2/h5,8,10,14H,3-4,6-7H2,1-2H3. The lowest BCUT2D eigenvalue weighted by atomic mass is 10.1. The molecule has 122 valence electrons. The highest BCUT2D eigenvalue weighted by molar-refractivity contribution is 7.89. The molecule has 1 N–H and O–H groups in total. The van der Waals surface area contributed by atoms with Gasteiger partial charge >= 0.3 is 5.97 Å². The molecule has 1 aromatic heterocycles. The number of rotatable bonds is 4. The van der Waals surface area contributed by atoms with Crippen molar-refractivity contribution in [3.63, 3.8) is 0 Å². The quantitative estimate of drug-likeness (QED) is 0.815. The Bertz CT molecular complexity index is 660. The van der Waals surface area contributed by atoms with Crippen LogP contribution in [0.1, 0.15) is 29.4 Å². The molecule has 22 heavy (non-hydrogen) atoms. The number of hydrogen-bond donors (Lipinski definition) is 1. The summed E-state index contributed by atoms with van der Waals surface area (Å²) in [5, 5.41) is 1.54. The highest BCUT2D eigenvalue weighted by Gasteiger charge is 2.29. The monoisotopic (exact) mass is 346 g/mol. The van der Waals surface area contributed by atoms with Gasteiger partial charge in [-0.1, -0.05) is 0 Å². The Morgan fingerprint density at radius 3 is 2.55 bits per heavy atom. The van der Waals surface area contributed by atoms with E-state index in [-0.39, 0.29) is 21.7 Å². The van der Waals surface area contributed by atoms with Crippen LogP contribution in [-0.4, -0.2) is 51.4 Å². The number of ether oxygens (including phenoxy) is 1. The molecule has 0 unspecified atom stereocenters. The number of carbonyl (C=O) groups excluding carboxylic acids is 2. The summed E-state index contributed by atoms with van der Waals surface area (Å²) in [5.41, 5.74) is 0. The van der Waals surface area contributed by atoms with Gasteiger partial charge < -0.3 is 9.64 Å². The Labute approximate surface area is 133 Å². The van der Waals surface area contributed by atoms with E-state index in [1.165, 1.54) is 20.1 Å². The summed E-state index contributed by atoms with van der Waals surface area (Å²) in [6.07, 6.45) is 1.10. The second-order valence-corrected chi connectivity index (χ2v) is 7.61. The van der Waals surface area contributed by atoms with Crippen LogP contribution in [0.25, 0.3) is 0 Å². The Morgan fingerprint density at radius 2 is 2.00 bits per heavy atom. The molecule has 1 fully saturated rings. The predicted octanol–water partition coefficient (Wildman–Crippen LogP) is 0.824. The van der Waals surface area contributed by atoms with Gasteiger partial charge in [0.25, 0.3) is 0 Å². The summed E-state index contributed by atoms with van der Waals surface area (Å²) >= 11 is 1.03. The highest BCUT2D eigenvalue weighted by Crippen LogP contribution is 2.24. The molecular weight excluding hydrogens is 328 g/mol. The second-order valence-electron chi connectivity index (χ2n) is 5.01. The van der Waals surface area contributed by atoms with E-state index in [2.05, 4.69) is 9.46 Å². The number of sulfonamides is 1. The van der Waals surface area contributed by atoms with Gasteiger partial charge in [0.2, 0.25) is 15.9 Å². The van der Waals surface area contributed by atoms with E-state index in [1.807, 2.05) is 0 Å². The number of amides is 1. The van der Waals surface area contributed by atoms with E-state index in [4.69, 9.17) is 0 Å². The number of carbonyl (C=O) groups is 2. The number of thiophene rings is 1. The molecule has 1 aliphatic heterocycles. The van der Waals surface area contributed by atoms with Crippen LogP contribution < -0.4 is 4.72 Å². The minimum atomic E-state index is -3.78. The summed E-state index contributed by atoms with van der Waals surface area (Å²) in [7, 11) is -2.57. The molecule has 0 aromatic carbocycles. The molecule has 1 aromatic rings. The number of nitrogens with zero attached hydrogens (tertiary/aromatic N) is 1. The van der Waals surface area contributed by atoms with Gasteiger partial charge in [0.15, 0.2) is 0 Å². The van der Waals surface area contributed by atoms with Crippen molar-refractivity contribution in [1.82, 2.24) is 9.62 Å². The lowest BCUT2D eigenvalue weighted by Crippen LogP contribution is -2.46. The molecule has 0 radical (unpaired) electrons. The van der Waals surface area contributed by atoms with Crippen LogP contribution in [0.15, 0.2) is 16.3 Å². The van der Waals surface area contributed by atoms with Gasteiger partial charge in [0, 0.05) is 26.1 Å². The third kappa shape index (κ3) is 3.65. The summed E-state index contributed by atoms with van der Waals surface area (Å²) in [6, 6.07) is 1.15. The van der Waals surface area contributed by atoms with Crippen molar-refractivity contribution in [2.45, 2.75) is 30.7 Å². The lowest BCUT2D eigenvalue weighted by molar-refractivity contribution is -0.129. The van der Waals surface area contributed by atoms with Crippen molar-refractivity contribution in [1.29, 1.82) is 0 Å². The van der Waals surface area contributed by atoms with Gasteiger partial charge in [-0.25, -0.2) is 17.9 Å². The molecule has 9 heteroatoms. The van der Waals surface area contributed by atoms with Crippen molar-refractivity contribution in [3.8, 4) is 0 Å². The Hall–Kier alpha value is -1.45. The van der Waals surface area contributed by atoms with Crippen LogP contribution in [0.4, 0.5) is 0 Å². The first-order valence-corrected chi connectivity index (χ1v) is 9.15. The van der Waals surface area contributed by atoms with Gasteiger partial charge in [-0.2, -0.15) is 0 Å². The maximum atomic E-state index is 12.4. The first-order chi connectivity index (χ1) is 10.3. The summed E-state index contributed by atoms with van der Waals surface area (Å²) in [4.78, 5) is 24.6. The minimum Gasteiger partial charge on any atom is -0.465 e. The first kappa shape index (κ1) is 16.9. The molecule has 1 amide bonds. The smallest absolute Gasteiger partial charge is 0.349 e. The predicted molar refractivity (Wildman–Crippen MR) is 81.3 cm³/mol. The molecule has 2 rings (SSSR count). The van der Waals surface area contributed by atoms with Crippen molar-refractivity contribution in [2.75, 3.05) is 20.2 Å². The minimum absolute atomic E-state index is 0.00730. The van der Waals surface area contributed by atoms with E-state index in [1.54, 1.807) is 10.3 Å².